The molecule has 0 aliphatic rings. The predicted molar refractivity (Wildman–Crippen MR) is 159 cm³/mol. The zero-order valence-corrected chi connectivity index (χ0v) is 24.0. The average molecular weight is 561 g/mol. The average Bonchev–Trinajstić information content (AvgIpc) is 2.96. The molecular formula is C32H33ClN2O3S. The highest BCUT2D eigenvalue weighted by Crippen LogP contribution is 2.31. The molecular weight excluding hydrogens is 528 g/mol. The van der Waals surface area contributed by atoms with Crippen LogP contribution < -0.4 is 9.62 Å². The Morgan fingerprint density at radius 2 is 1.51 bits per heavy atom. The molecule has 0 saturated carbocycles. The second kappa shape index (κ2) is 12.5. The summed E-state index contributed by atoms with van der Waals surface area (Å²) in [4.78, 5) is 13.1. The number of amides is 1. The molecule has 0 fully saturated rings. The van der Waals surface area contributed by atoms with E-state index in [0.29, 0.717) is 22.8 Å². The Kier molecular flexibility index (Phi) is 9.10. The molecule has 0 aliphatic carbocycles. The number of hydrogen-bond donors (Lipinski definition) is 1. The summed E-state index contributed by atoms with van der Waals surface area (Å²) in [5.74, 6) is -0.176. The van der Waals surface area contributed by atoms with E-state index in [9.17, 15) is 13.2 Å². The van der Waals surface area contributed by atoms with Crippen LogP contribution in [0.3, 0.4) is 0 Å². The molecule has 7 heteroatoms. The highest BCUT2D eigenvalue weighted by atomic mass is 35.5. The van der Waals surface area contributed by atoms with Crippen molar-refractivity contribution < 1.29 is 13.2 Å². The van der Waals surface area contributed by atoms with Gasteiger partial charge in [0.25, 0.3) is 15.9 Å². The molecule has 0 aromatic heterocycles. The Labute approximate surface area is 236 Å². The van der Waals surface area contributed by atoms with E-state index in [2.05, 4.69) is 37.4 Å². The monoisotopic (exact) mass is 560 g/mol. The number of nitrogens with one attached hydrogen (secondary N) is 1. The molecule has 0 saturated heterocycles. The lowest BCUT2D eigenvalue weighted by molar-refractivity contribution is 0.0951. The maximum Gasteiger partial charge on any atom is 0.264 e. The fourth-order valence-electron chi connectivity index (χ4n) is 4.48. The molecule has 0 bridgehead atoms. The number of rotatable bonds is 10. The molecule has 0 radical (unpaired) electrons. The minimum Gasteiger partial charge on any atom is -0.348 e. The van der Waals surface area contributed by atoms with Gasteiger partial charge >= 0.3 is 0 Å². The van der Waals surface area contributed by atoms with Gasteiger partial charge in [0.05, 0.1) is 17.1 Å². The third-order valence-corrected chi connectivity index (χ3v) is 8.82. The van der Waals surface area contributed by atoms with E-state index in [4.69, 9.17) is 11.6 Å². The van der Waals surface area contributed by atoms with Gasteiger partial charge < -0.3 is 5.32 Å². The standard InChI is InChI=1S/C32H33ClN2O3S/c1-4-24-12-15-26(5-2)28(19-24)21-34-32(36)27-16-13-25(14-17-27)22-35(31-20-29(33)18-11-23(31)3)39(37,38)30-9-7-6-8-10-30/h6-20H,4-5,21-22H2,1-3H3,(H,34,36). The van der Waals surface area contributed by atoms with E-state index in [1.165, 1.54) is 15.4 Å². The van der Waals surface area contributed by atoms with E-state index in [1.54, 1.807) is 72.8 Å². The maximum atomic E-state index is 13.7. The van der Waals surface area contributed by atoms with Crippen LogP contribution in [0.2, 0.25) is 5.02 Å². The number of hydrogen-bond acceptors (Lipinski definition) is 3. The Hall–Kier alpha value is -3.61. The molecule has 202 valence electrons. The second-order valence-corrected chi connectivity index (χ2v) is 11.7. The molecule has 4 aromatic carbocycles. The number of sulfonamides is 1. The van der Waals surface area contributed by atoms with Gasteiger partial charge in [0.1, 0.15) is 0 Å². The number of anilines is 1. The summed E-state index contributed by atoms with van der Waals surface area (Å²) >= 11 is 6.26. The first-order chi connectivity index (χ1) is 18.7. The predicted octanol–water partition coefficient (Wildman–Crippen LogP) is 7.10. The van der Waals surface area contributed by atoms with E-state index in [0.717, 1.165) is 29.5 Å². The quantitative estimate of drug-likeness (QED) is 0.225. The van der Waals surface area contributed by atoms with Crippen molar-refractivity contribution in [3.8, 4) is 0 Å². The summed E-state index contributed by atoms with van der Waals surface area (Å²) in [6.07, 6.45) is 1.84. The van der Waals surface area contributed by atoms with Crippen LogP contribution in [0, 0.1) is 6.92 Å². The van der Waals surface area contributed by atoms with Crippen LogP contribution in [0.5, 0.6) is 0 Å². The third-order valence-electron chi connectivity index (χ3n) is 6.81. The van der Waals surface area contributed by atoms with Crippen LogP contribution in [0.4, 0.5) is 5.69 Å². The first-order valence-electron chi connectivity index (χ1n) is 13.0. The summed E-state index contributed by atoms with van der Waals surface area (Å²) in [6.45, 7) is 6.62. The van der Waals surface area contributed by atoms with Crippen molar-refractivity contribution in [2.24, 2.45) is 0 Å². The Bertz CT molecular complexity index is 1550. The van der Waals surface area contributed by atoms with Gasteiger partial charge in [-0.05, 0) is 84.0 Å². The van der Waals surface area contributed by atoms with Crippen molar-refractivity contribution in [1.82, 2.24) is 5.32 Å². The van der Waals surface area contributed by atoms with Gasteiger partial charge in [0, 0.05) is 17.1 Å². The number of benzene rings is 4. The van der Waals surface area contributed by atoms with Crippen molar-refractivity contribution in [3.63, 3.8) is 0 Å². The van der Waals surface area contributed by atoms with Gasteiger partial charge in [-0.3, -0.25) is 9.10 Å². The molecule has 4 rings (SSSR count). The molecule has 5 nitrogen and oxygen atoms in total. The van der Waals surface area contributed by atoms with Crippen LogP contribution in [0.15, 0.2) is 95.9 Å². The lowest BCUT2D eigenvalue weighted by atomic mass is 10.0. The number of carbonyl (C=O) groups excluding carboxylic acids is 1. The summed E-state index contributed by atoms with van der Waals surface area (Å²) in [7, 11) is -3.87. The molecule has 39 heavy (non-hydrogen) atoms. The van der Waals surface area contributed by atoms with Gasteiger partial charge in [-0.1, -0.05) is 80.0 Å². The molecule has 0 atom stereocenters. The molecule has 0 spiro atoms. The highest BCUT2D eigenvalue weighted by Gasteiger charge is 2.26. The summed E-state index contributed by atoms with van der Waals surface area (Å²) < 4.78 is 28.8. The topological polar surface area (TPSA) is 66.5 Å². The van der Waals surface area contributed by atoms with E-state index >= 15 is 0 Å². The van der Waals surface area contributed by atoms with Gasteiger partial charge in [0.2, 0.25) is 0 Å². The van der Waals surface area contributed by atoms with E-state index < -0.39 is 10.0 Å². The molecule has 0 unspecified atom stereocenters. The van der Waals surface area contributed by atoms with E-state index in [-0.39, 0.29) is 17.3 Å². The summed E-state index contributed by atoms with van der Waals surface area (Å²) in [5.41, 5.74) is 6.14. The Morgan fingerprint density at radius 3 is 2.18 bits per heavy atom. The van der Waals surface area contributed by atoms with Crippen LogP contribution in [0.1, 0.15) is 52.0 Å². The first kappa shape index (κ1) is 28.4. The zero-order chi connectivity index (χ0) is 28.0. The fourth-order valence-corrected chi connectivity index (χ4v) is 6.18. The van der Waals surface area contributed by atoms with Gasteiger partial charge in [-0.25, -0.2) is 8.42 Å². The minimum atomic E-state index is -3.87. The lowest BCUT2D eigenvalue weighted by Crippen LogP contribution is -2.31. The largest absolute Gasteiger partial charge is 0.348 e. The normalized spacial score (nSPS) is 11.3. The molecule has 1 N–H and O–H groups in total. The number of aryl methyl sites for hydroxylation is 3. The number of carbonyl (C=O) groups is 1. The molecule has 1 amide bonds. The van der Waals surface area contributed by atoms with Crippen LogP contribution in [0.25, 0.3) is 0 Å². The fraction of sp³-hybridized carbons (Fsp3) is 0.219. The van der Waals surface area contributed by atoms with Crippen LogP contribution >= 0.6 is 11.6 Å². The smallest absolute Gasteiger partial charge is 0.264 e. The Morgan fingerprint density at radius 1 is 0.821 bits per heavy atom. The summed E-state index contributed by atoms with van der Waals surface area (Å²) in [6, 6.07) is 27.0. The molecule has 0 aliphatic heterocycles. The number of halogens is 1. The maximum absolute atomic E-state index is 13.7. The van der Waals surface area contributed by atoms with Crippen molar-refractivity contribution >= 4 is 33.2 Å². The lowest BCUT2D eigenvalue weighted by Gasteiger charge is -2.26. The highest BCUT2D eigenvalue weighted by molar-refractivity contribution is 7.92. The zero-order valence-electron chi connectivity index (χ0n) is 22.4. The van der Waals surface area contributed by atoms with Crippen molar-refractivity contribution in [2.75, 3.05) is 4.31 Å². The molecule has 4 aromatic rings. The van der Waals surface area contributed by atoms with Gasteiger partial charge in [0.15, 0.2) is 0 Å². The van der Waals surface area contributed by atoms with Crippen molar-refractivity contribution in [2.45, 2.75) is 51.6 Å². The van der Waals surface area contributed by atoms with E-state index in [1.807, 2.05) is 6.92 Å². The van der Waals surface area contributed by atoms with Crippen molar-refractivity contribution in [1.29, 1.82) is 0 Å². The SMILES string of the molecule is CCc1ccc(CC)c(CNC(=O)c2ccc(CN(c3cc(Cl)ccc3C)S(=O)(=O)c3ccccc3)cc2)c1. The van der Waals surface area contributed by atoms with Gasteiger partial charge in [-0.15, -0.1) is 0 Å². The van der Waals surface area contributed by atoms with Gasteiger partial charge in [-0.2, -0.15) is 0 Å². The summed E-state index contributed by atoms with van der Waals surface area (Å²) in [5, 5.41) is 3.48. The Balaban J connectivity index is 1.56. The van der Waals surface area contributed by atoms with Crippen LogP contribution in [-0.4, -0.2) is 14.3 Å². The third kappa shape index (κ3) is 6.70. The van der Waals surface area contributed by atoms with Crippen molar-refractivity contribution in [3.05, 3.63) is 129 Å². The minimum absolute atomic E-state index is 0.0873. The van der Waals surface area contributed by atoms with Crippen LogP contribution in [-0.2, 0) is 36.0 Å². The molecule has 0 heterocycles. The number of nitrogens with zero attached hydrogens (tertiary/aromatic N) is 1. The second-order valence-electron chi connectivity index (χ2n) is 9.45. The first-order valence-corrected chi connectivity index (χ1v) is 14.9.